The minimum atomic E-state index is -0.0696. The topological polar surface area (TPSA) is 40.5 Å². The molecule has 5 nitrogen and oxygen atoms in total. The highest BCUT2D eigenvalue weighted by Crippen LogP contribution is 2.24. The molecule has 1 atom stereocenters. The van der Waals surface area contributed by atoms with Gasteiger partial charge in [0.1, 0.15) is 0 Å². The van der Waals surface area contributed by atoms with Crippen LogP contribution in [0.1, 0.15) is 36.5 Å². The number of unbranched alkanes of at least 4 members (excludes halogenated alkanes) is 1. The zero-order valence-electron chi connectivity index (χ0n) is 18.3. The lowest BCUT2D eigenvalue weighted by atomic mass is 10.1. The van der Waals surface area contributed by atoms with E-state index in [9.17, 15) is 4.79 Å². The Morgan fingerprint density at radius 2 is 1.93 bits per heavy atom. The number of hydrogen-bond acceptors (Lipinski definition) is 3. The summed E-state index contributed by atoms with van der Waals surface area (Å²) < 4.78 is 2.26. The van der Waals surface area contributed by atoms with E-state index in [0.717, 1.165) is 37.1 Å². The number of carbonyl (C=O) groups excluding carboxylic acids is 1. The molecule has 3 aromatic rings. The number of benzene rings is 2. The molecule has 0 aliphatic carbocycles. The highest BCUT2D eigenvalue weighted by atomic mass is 16.1. The van der Waals surface area contributed by atoms with Gasteiger partial charge in [-0.1, -0.05) is 13.3 Å². The number of nitrogens with zero attached hydrogens (tertiary/aromatic N) is 3. The molecule has 1 unspecified atom stereocenters. The molecule has 0 saturated carbocycles. The molecule has 1 saturated heterocycles. The van der Waals surface area contributed by atoms with Gasteiger partial charge in [0.15, 0.2) is 0 Å². The second-order valence-corrected chi connectivity index (χ2v) is 8.49. The van der Waals surface area contributed by atoms with Crippen LogP contribution < -0.4 is 10.2 Å². The van der Waals surface area contributed by atoms with Gasteiger partial charge in [0.05, 0.1) is 0 Å². The highest BCUT2D eigenvalue weighted by molar-refractivity contribution is 6.06. The zero-order chi connectivity index (χ0) is 21.1. The number of carbonyl (C=O) groups is 1. The maximum Gasteiger partial charge on any atom is 0.255 e. The maximum absolute atomic E-state index is 12.8. The molecular formula is C25H32N4O. The number of aromatic nitrogens is 1. The lowest BCUT2D eigenvalue weighted by Crippen LogP contribution is -2.31. The van der Waals surface area contributed by atoms with Crippen molar-refractivity contribution in [3.63, 3.8) is 0 Å². The van der Waals surface area contributed by atoms with Crippen LogP contribution in [0.4, 0.5) is 11.4 Å². The second kappa shape index (κ2) is 8.92. The van der Waals surface area contributed by atoms with E-state index in [1.54, 1.807) is 0 Å². The predicted octanol–water partition coefficient (Wildman–Crippen LogP) is 4.83. The molecule has 1 aliphatic rings. The van der Waals surface area contributed by atoms with Crippen molar-refractivity contribution in [1.29, 1.82) is 0 Å². The van der Waals surface area contributed by atoms with Crippen molar-refractivity contribution in [1.82, 2.24) is 9.47 Å². The minimum Gasteiger partial charge on any atom is -0.370 e. The van der Waals surface area contributed by atoms with E-state index >= 15 is 0 Å². The fraction of sp³-hybridized carbons (Fsp3) is 0.400. The molecule has 1 amide bonds. The molecule has 158 valence electrons. The van der Waals surface area contributed by atoms with Gasteiger partial charge in [-0.25, -0.2) is 0 Å². The number of nitrogens with one attached hydrogen (secondary N) is 1. The number of likely N-dealkylation sites (N-methyl/N-ethyl adjacent to an activating group) is 1. The summed E-state index contributed by atoms with van der Waals surface area (Å²) in [5, 5.41) is 4.15. The number of hydrogen-bond donors (Lipinski definition) is 1. The summed E-state index contributed by atoms with van der Waals surface area (Å²) in [6, 6.07) is 16.8. The number of amides is 1. The monoisotopic (exact) mass is 404 g/mol. The molecule has 0 spiro atoms. The van der Waals surface area contributed by atoms with E-state index in [2.05, 4.69) is 71.2 Å². The lowest BCUT2D eigenvalue weighted by molar-refractivity contribution is 0.102. The number of aryl methyl sites for hydroxylation is 1. The third-order valence-electron chi connectivity index (χ3n) is 6.17. The van der Waals surface area contributed by atoms with Crippen LogP contribution >= 0.6 is 0 Å². The zero-order valence-corrected chi connectivity index (χ0v) is 18.3. The summed E-state index contributed by atoms with van der Waals surface area (Å²) in [5.41, 5.74) is 3.92. The minimum absolute atomic E-state index is 0.0696. The molecule has 1 N–H and O–H groups in total. The van der Waals surface area contributed by atoms with Crippen molar-refractivity contribution in [2.24, 2.45) is 0 Å². The Morgan fingerprint density at radius 1 is 1.13 bits per heavy atom. The van der Waals surface area contributed by atoms with Crippen LogP contribution in [0, 0.1) is 0 Å². The van der Waals surface area contributed by atoms with Crippen LogP contribution in [-0.4, -0.2) is 48.6 Å². The van der Waals surface area contributed by atoms with Gasteiger partial charge in [-0.3, -0.25) is 4.79 Å². The van der Waals surface area contributed by atoms with Crippen LogP contribution in [-0.2, 0) is 6.54 Å². The summed E-state index contributed by atoms with van der Waals surface area (Å²) >= 11 is 0. The van der Waals surface area contributed by atoms with E-state index in [1.165, 1.54) is 24.0 Å². The summed E-state index contributed by atoms with van der Waals surface area (Å²) in [6.45, 7) is 5.35. The van der Waals surface area contributed by atoms with E-state index < -0.39 is 0 Å². The maximum atomic E-state index is 12.8. The Labute approximate surface area is 179 Å². The smallest absolute Gasteiger partial charge is 0.255 e. The summed E-state index contributed by atoms with van der Waals surface area (Å²) in [7, 11) is 4.29. The molecule has 1 fully saturated rings. The van der Waals surface area contributed by atoms with Crippen LogP contribution in [0.2, 0.25) is 0 Å². The Kier molecular flexibility index (Phi) is 6.09. The molecule has 0 bridgehead atoms. The van der Waals surface area contributed by atoms with E-state index in [-0.39, 0.29) is 5.91 Å². The van der Waals surface area contributed by atoms with Gasteiger partial charge < -0.3 is 19.7 Å². The van der Waals surface area contributed by atoms with Gasteiger partial charge in [0, 0.05) is 59.7 Å². The first-order valence-corrected chi connectivity index (χ1v) is 11.0. The molecule has 2 aromatic carbocycles. The fourth-order valence-corrected chi connectivity index (χ4v) is 4.22. The first-order chi connectivity index (χ1) is 14.5. The number of anilines is 2. The van der Waals surface area contributed by atoms with Crippen LogP contribution in [0.25, 0.3) is 10.9 Å². The standard InChI is InChI=1S/C25H32N4O/c1-4-5-14-28-15-12-19-17-20(6-11-24(19)28)25(30)26-21-7-9-22(10-8-21)29-16-13-23(18-29)27(2)3/h6-12,15,17,23H,4-5,13-14,16,18H2,1-3H3,(H,26,30). The van der Waals surface area contributed by atoms with Gasteiger partial charge in [-0.2, -0.15) is 0 Å². The van der Waals surface area contributed by atoms with Crippen molar-refractivity contribution in [2.45, 2.75) is 38.8 Å². The number of fused-ring (bicyclic) bond motifs is 1. The average Bonchev–Trinajstić information content (AvgIpc) is 3.40. The summed E-state index contributed by atoms with van der Waals surface area (Å²) in [5.74, 6) is -0.0696. The van der Waals surface area contributed by atoms with Crippen molar-refractivity contribution in [3.8, 4) is 0 Å². The molecule has 4 rings (SSSR count). The van der Waals surface area contributed by atoms with E-state index in [0.29, 0.717) is 11.6 Å². The third-order valence-corrected chi connectivity index (χ3v) is 6.17. The molecular weight excluding hydrogens is 372 g/mol. The fourth-order valence-electron chi connectivity index (χ4n) is 4.22. The molecule has 2 heterocycles. The van der Waals surface area contributed by atoms with Crippen LogP contribution in [0.15, 0.2) is 54.7 Å². The largest absolute Gasteiger partial charge is 0.370 e. The Balaban J connectivity index is 1.41. The van der Waals surface area contributed by atoms with Crippen molar-refractivity contribution < 1.29 is 4.79 Å². The predicted molar refractivity (Wildman–Crippen MR) is 126 cm³/mol. The Hall–Kier alpha value is -2.79. The highest BCUT2D eigenvalue weighted by Gasteiger charge is 2.24. The van der Waals surface area contributed by atoms with Gasteiger partial charge in [-0.05, 0) is 75.5 Å². The summed E-state index contributed by atoms with van der Waals surface area (Å²) in [4.78, 5) is 17.5. The summed E-state index contributed by atoms with van der Waals surface area (Å²) in [6.07, 6.45) is 5.64. The Bertz CT molecular complexity index is 1010. The van der Waals surface area contributed by atoms with Gasteiger partial charge in [0.25, 0.3) is 5.91 Å². The lowest BCUT2D eigenvalue weighted by Gasteiger charge is -2.22. The van der Waals surface area contributed by atoms with E-state index in [1.807, 2.05) is 24.3 Å². The van der Waals surface area contributed by atoms with Crippen molar-refractivity contribution in [2.75, 3.05) is 37.4 Å². The van der Waals surface area contributed by atoms with Gasteiger partial charge >= 0.3 is 0 Å². The molecule has 30 heavy (non-hydrogen) atoms. The quantitative estimate of drug-likeness (QED) is 0.613. The Morgan fingerprint density at radius 3 is 2.63 bits per heavy atom. The molecule has 1 aliphatic heterocycles. The third kappa shape index (κ3) is 4.36. The van der Waals surface area contributed by atoms with Crippen molar-refractivity contribution >= 4 is 28.2 Å². The molecule has 5 heteroatoms. The first-order valence-electron chi connectivity index (χ1n) is 11.0. The molecule has 1 aromatic heterocycles. The van der Waals surface area contributed by atoms with Crippen molar-refractivity contribution in [3.05, 3.63) is 60.3 Å². The first kappa shape index (κ1) is 20.5. The van der Waals surface area contributed by atoms with E-state index in [4.69, 9.17) is 0 Å². The average molecular weight is 405 g/mol. The normalized spacial score (nSPS) is 16.5. The van der Waals surface area contributed by atoms with Gasteiger partial charge in [0.2, 0.25) is 0 Å². The SMILES string of the molecule is CCCCn1ccc2cc(C(=O)Nc3ccc(N4CCC(N(C)C)C4)cc3)ccc21. The molecule has 0 radical (unpaired) electrons. The second-order valence-electron chi connectivity index (χ2n) is 8.49. The van der Waals surface area contributed by atoms with Gasteiger partial charge in [-0.15, -0.1) is 0 Å². The van der Waals surface area contributed by atoms with Crippen LogP contribution in [0.5, 0.6) is 0 Å². The number of rotatable bonds is 7. The van der Waals surface area contributed by atoms with Crippen LogP contribution in [0.3, 0.4) is 0 Å².